The first kappa shape index (κ1) is 18.7. The highest BCUT2D eigenvalue weighted by Gasteiger charge is 2.31. The molecule has 1 saturated carbocycles. The molecule has 0 bridgehead atoms. The first-order valence-electron chi connectivity index (χ1n) is 9.98. The Labute approximate surface area is 157 Å². The van der Waals surface area contributed by atoms with E-state index in [4.69, 9.17) is 0 Å². The molecule has 0 aromatic heterocycles. The summed E-state index contributed by atoms with van der Waals surface area (Å²) in [4.78, 5) is 19.1. The van der Waals surface area contributed by atoms with Crippen LogP contribution < -0.4 is 10.6 Å². The maximum atomic E-state index is 12.7. The molecular formula is C21H32N4O. The van der Waals surface area contributed by atoms with Crippen LogP contribution in [0.2, 0.25) is 0 Å². The van der Waals surface area contributed by atoms with Crippen molar-refractivity contribution in [3.8, 4) is 0 Å². The van der Waals surface area contributed by atoms with Crippen molar-refractivity contribution in [1.29, 1.82) is 0 Å². The van der Waals surface area contributed by atoms with Crippen molar-refractivity contribution >= 4 is 11.9 Å². The molecule has 1 saturated heterocycles. The summed E-state index contributed by atoms with van der Waals surface area (Å²) in [6.45, 7) is 4.53. The second-order valence-corrected chi connectivity index (χ2v) is 7.60. The molecule has 26 heavy (non-hydrogen) atoms. The number of amides is 1. The van der Waals surface area contributed by atoms with E-state index in [9.17, 15) is 4.79 Å². The molecule has 1 atom stereocenters. The van der Waals surface area contributed by atoms with Gasteiger partial charge in [-0.15, -0.1) is 0 Å². The van der Waals surface area contributed by atoms with Crippen LogP contribution in [-0.4, -0.2) is 42.9 Å². The molecule has 1 aromatic rings. The maximum absolute atomic E-state index is 12.7. The molecule has 1 aliphatic carbocycles. The van der Waals surface area contributed by atoms with Crippen LogP contribution in [0.5, 0.6) is 0 Å². The van der Waals surface area contributed by atoms with Crippen LogP contribution in [0.15, 0.2) is 29.3 Å². The van der Waals surface area contributed by atoms with Crippen molar-refractivity contribution in [2.45, 2.75) is 58.0 Å². The highest BCUT2D eigenvalue weighted by molar-refractivity contribution is 5.81. The number of aryl methyl sites for hydroxylation is 1. The van der Waals surface area contributed by atoms with Crippen LogP contribution in [0.1, 0.15) is 49.7 Å². The first-order chi connectivity index (χ1) is 12.7. The van der Waals surface area contributed by atoms with Gasteiger partial charge in [0.1, 0.15) is 0 Å². The number of carbonyl (C=O) groups excluding carboxylic acids is 1. The standard InChI is InChI=1S/C21H32N4O/c1-16-8-6-7-11-18(16)14-23-21(22-2)24-19-12-13-25(15-19)20(26)17-9-4-3-5-10-17/h6-8,11,17,19H,3-5,9-10,12-15H2,1-2H3,(H2,22,23,24). The molecule has 5 nitrogen and oxygen atoms in total. The lowest BCUT2D eigenvalue weighted by Crippen LogP contribution is -2.45. The summed E-state index contributed by atoms with van der Waals surface area (Å²) in [5, 5.41) is 6.88. The Morgan fingerprint density at radius 2 is 1.96 bits per heavy atom. The number of hydrogen-bond acceptors (Lipinski definition) is 2. The predicted molar refractivity (Wildman–Crippen MR) is 106 cm³/mol. The van der Waals surface area contributed by atoms with Gasteiger partial charge in [0, 0.05) is 38.6 Å². The third kappa shape index (κ3) is 4.77. The molecule has 2 aliphatic rings. The lowest BCUT2D eigenvalue weighted by molar-refractivity contribution is -0.135. The van der Waals surface area contributed by atoms with Crippen LogP contribution in [0.25, 0.3) is 0 Å². The first-order valence-corrected chi connectivity index (χ1v) is 9.98. The molecule has 1 unspecified atom stereocenters. The Hall–Kier alpha value is -2.04. The van der Waals surface area contributed by atoms with Crippen LogP contribution in [0, 0.1) is 12.8 Å². The predicted octanol–water partition coefficient (Wildman–Crippen LogP) is 2.84. The van der Waals surface area contributed by atoms with Crippen molar-refractivity contribution in [2.24, 2.45) is 10.9 Å². The fourth-order valence-corrected chi connectivity index (χ4v) is 4.06. The van der Waals surface area contributed by atoms with Crippen molar-refractivity contribution in [2.75, 3.05) is 20.1 Å². The van der Waals surface area contributed by atoms with Crippen molar-refractivity contribution in [3.05, 3.63) is 35.4 Å². The van der Waals surface area contributed by atoms with Crippen LogP contribution in [0.4, 0.5) is 0 Å². The minimum absolute atomic E-state index is 0.265. The summed E-state index contributed by atoms with van der Waals surface area (Å²) in [6.07, 6.45) is 6.85. The van der Waals surface area contributed by atoms with Crippen molar-refractivity contribution < 1.29 is 4.79 Å². The number of nitrogens with zero attached hydrogens (tertiary/aromatic N) is 2. The molecule has 5 heteroatoms. The Morgan fingerprint density at radius 1 is 1.19 bits per heavy atom. The summed E-state index contributed by atoms with van der Waals surface area (Å²) in [5.74, 6) is 1.45. The second kappa shape index (κ2) is 9.06. The van der Waals surface area contributed by atoms with Gasteiger partial charge in [0.2, 0.25) is 5.91 Å². The van der Waals surface area contributed by atoms with Crippen molar-refractivity contribution in [3.63, 3.8) is 0 Å². The van der Waals surface area contributed by atoms with E-state index < -0.39 is 0 Å². The normalized spacial score (nSPS) is 21.7. The molecular weight excluding hydrogens is 324 g/mol. The largest absolute Gasteiger partial charge is 0.352 e. The lowest BCUT2D eigenvalue weighted by atomic mass is 9.88. The zero-order valence-electron chi connectivity index (χ0n) is 16.1. The third-order valence-electron chi connectivity index (χ3n) is 5.73. The van der Waals surface area contributed by atoms with Gasteiger partial charge in [0.25, 0.3) is 0 Å². The summed E-state index contributed by atoms with van der Waals surface area (Å²) < 4.78 is 0. The van der Waals surface area contributed by atoms with E-state index in [-0.39, 0.29) is 12.0 Å². The topological polar surface area (TPSA) is 56.7 Å². The van der Waals surface area contributed by atoms with E-state index in [2.05, 4.69) is 51.7 Å². The second-order valence-electron chi connectivity index (χ2n) is 7.60. The van der Waals surface area contributed by atoms with Gasteiger partial charge in [-0.25, -0.2) is 0 Å². The molecule has 3 rings (SSSR count). The number of rotatable bonds is 4. The molecule has 142 valence electrons. The lowest BCUT2D eigenvalue weighted by Gasteiger charge is -2.26. The van der Waals surface area contributed by atoms with Crippen LogP contribution in [0.3, 0.4) is 0 Å². The number of likely N-dealkylation sites (tertiary alicyclic amines) is 1. The Bertz CT molecular complexity index is 637. The number of hydrogen-bond donors (Lipinski definition) is 2. The number of benzene rings is 1. The molecule has 1 aliphatic heterocycles. The molecule has 0 radical (unpaired) electrons. The van der Waals surface area contributed by atoms with E-state index in [1.54, 1.807) is 7.05 Å². The number of carbonyl (C=O) groups is 1. The molecule has 0 spiro atoms. The average molecular weight is 357 g/mol. The van der Waals surface area contributed by atoms with Gasteiger partial charge < -0.3 is 15.5 Å². The fraction of sp³-hybridized carbons (Fsp3) is 0.619. The van der Waals surface area contributed by atoms with Gasteiger partial charge in [0.15, 0.2) is 5.96 Å². The van der Waals surface area contributed by atoms with E-state index in [1.165, 1.54) is 30.4 Å². The Morgan fingerprint density at radius 3 is 2.69 bits per heavy atom. The molecule has 2 N–H and O–H groups in total. The molecule has 1 heterocycles. The van der Waals surface area contributed by atoms with Gasteiger partial charge in [-0.3, -0.25) is 9.79 Å². The molecule has 1 amide bonds. The van der Waals surface area contributed by atoms with Gasteiger partial charge in [-0.2, -0.15) is 0 Å². The third-order valence-corrected chi connectivity index (χ3v) is 5.73. The Kier molecular flexibility index (Phi) is 6.53. The number of aliphatic imine (C=N–C) groups is 1. The molecule has 1 aromatic carbocycles. The monoisotopic (exact) mass is 356 g/mol. The molecule has 2 fully saturated rings. The fourth-order valence-electron chi connectivity index (χ4n) is 4.06. The van der Waals surface area contributed by atoms with E-state index in [1.807, 2.05) is 0 Å². The summed E-state index contributed by atoms with van der Waals surface area (Å²) in [6, 6.07) is 8.66. The zero-order chi connectivity index (χ0) is 18.4. The van der Waals surface area contributed by atoms with Crippen LogP contribution >= 0.6 is 0 Å². The Balaban J connectivity index is 1.47. The van der Waals surface area contributed by atoms with Gasteiger partial charge in [-0.05, 0) is 37.3 Å². The van der Waals surface area contributed by atoms with Crippen molar-refractivity contribution in [1.82, 2.24) is 15.5 Å². The zero-order valence-corrected chi connectivity index (χ0v) is 16.1. The minimum Gasteiger partial charge on any atom is -0.352 e. The average Bonchev–Trinajstić information content (AvgIpc) is 3.15. The SMILES string of the molecule is CN=C(NCc1ccccc1C)NC1CCN(C(=O)C2CCCCC2)C1. The van der Waals surface area contributed by atoms with Gasteiger partial charge >= 0.3 is 0 Å². The quantitative estimate of drug-likeness (QED) is 0.644. The minimum atomic E-state index is 0.265. The van der Waals surface area contributed by atoms with Gasteiger partial charge in [-0.1, -0.05) is 43.5 Å². The summed E-state index contributed by atoms with van der Waals surface area (Å²) in [5.41, 5.74) is 2.55. The van der Waals surface area contributed by atoms with E-state index in [0.717, 1.165) is 44.9 Å². The maximum Gasteiger partial charge on any atom is 0.225 e. The van der Waals surface area contributed by atoms with E-state index in [0.29, 0.717) is 5.91 Å². The highest BCUT2D eigenvalue weighted by atomic mass is 16.2. The van der Waals surface area contributed by atoms with Gasteiger partial charge in [0.05, 0.1) is 0 Å². The van der Waals surface area contributed by atoms with Crippen LogP contribution in [-0.2, 0) is 11.3 Å². The summed E-state index contributed by atoms with van der Waals surface area (Å²) in [7, 11) is 1.80. The number of nitrogens with one attached hydrogen (secondary N) is 2. The highest BCUT2D eigenvalue weighted by Crippen LogP contribution is 2.26. The number of guanidine groups is 1. The summed E-state index contributed by atoms with van der Waals surface area (Å²) >= 11 is 0. The van der Waals surface area contributed by atoms with E-state index >= 15 is 0 Å². The smallest absolute Gasteiger partial charge is 0.225 e.